The third kappa shape index (κ3) is 3.99. The second kappa shape index (κ2) is 7.49. The first-order valence-corrected chi connectivity index (χ1v) is 10.3. The number of amides is 1. The van der Waals surface area contributed by atoms with Crippen LogP contribution in [0, 0.1) is 5.92 Å². The Morgan fingerprint density at radius 2 is 2.16 bits per heavy atom. The van der Waals surface area contributed by atoms with E-state index < -0.39 is 0 Å². The van der Waals surface area contributed by atoms with Gasteiger partial charge in [-0.05, 0) is 52.6 Å². The van der Waals surface area contributed by atoms with Gasteiger partial charge in [-0.15, -0.1) is 0 Å². The fourth-order valence-corrected chi connectivity index (χ4v) is 4.53. The van der Waals surface area contributed by atoms with Crippen molar-refractivity contribution in [2.75, 3.05) is 13.1 Å². The molecule has 0 bridgehead atoms. The molecule has 0 aromatic carbocycles. The van der Waals surface area contributed by atoms with Crippen LogP contribution in [0.15, 0.2) is 38.2 Å². The van der Waals surface area contributed by atoms with Crippen LogP contribution in [0.25, 0.3) is 11.4 Å². The van der Waals surface area contributed by atoms with E-state index in [4.69, 9.17) is 4.52 Å². The Hall–Kier alpha value is -1.99. The van der Waals surface area contributed by atoms with Gasteiger partial charge in [-0.1, -0.05) is 5.16 Å². The maximum Gasteiger partial charge on any atom is 0.227 e. The number of rotatable bonds is 5. The monoisotopic (exact) mass is 373 g/mol. The number of hydrogen-bond acceptors (Lipinski definition) is 6. The molecule has 0 N–H and O–H groups in total. The largest absolute Gasteiger partial charge is 0.342 e. The molecule has 7 heteroatoms. The lowest BCUT2D eigenvalue weighted by atomic mass is 9.94. The van der Waals surface area contributed by atoms with E-state index in [9.17, 15) is 4.79 Å². The van der Waals surface area contributed by atoms with E-state index in [0.29, 0.717) is 24.1 Å². The minimum absolute atomic E-state index is 0.215. The summed E-state index contributed by atoms with van der Waals surface area (Å²) in [6.45, 7) is 1.63. The summed E-state index contributed by atoms with van der Waals surface area (Å²) in [6, 6.07) is 4.01. The van der Waals surface area contributed by atoms with Crippen molar-refractivity contribution >= 4 is 28.6 Å². The van der Waals surface area contributed by atoms with Gasteiger partial charge in [-0.2, -0.15) is 27.7 Å². The number of hydrogen-bond donors (Lipinski definition) is 0. The van der Waals surface area contributed by atoms with E-state index >= 15 is 0 Å². The smallest absolute Gasteiger partial charge is 0.227 e. The van der Waals surface area contributed by atoms with Crippen molar-refractivity contribution in [1.29, 1.82) is 0 Å². The molecule has 25 heavy (non-hydrogen) atoms. The molecule has 130 valence electrons. The Bertz CT molecular complexity index is 811. The molecular weight excluding hydrogens is 354 g/mol. The van der Waals surface area contributed by atoms with E-state index in [1.807, 2.05) is 38.6 Å². The molecule has 1 aliphatic heterocycles. The molecule has 1 atom stereocenters. The molecule has 5 nitrogen and oxygen atoms in total. The fraction of sp³-hybridized carbons (Fsp3) is 0.389. The Morgan fingerprint density at radius 1 is 1.28 bits per heavy atom. The molecule has 0 aliphatic carbocycles. The summed E-state index contributed by atoms with van der Waals surface area (Å²) in [6.07, 6.45) is 3.36. The number of carbonyl (C=O) groups excluding carboxylic acids is 1. The summed E-state index contributed by atoms with van der Waals surface area (Å²) in [5.41, 5.74) is 2.10. The third-order valence-electron chi connectivity index (χ3n) is 4.52. The van der Waals surface area contributed by atoms with E-state index in [-0.39, 0.29) is 5.91 Å². The van der Waals surface area contributed by atoms with Crippen molar-refractivity contribution in [3.05, 3.63) is 45.1 Å². The van der Waals surface area contributed by atoms with Gasteiger partial charge >= 0.3 is 0 Å². The highest BCUT2D eigenvalue weighted by molar-refractivity contribution is 7.08. The quantitative estimate of drug-likeness (QED) is 0.681. The lowest BCUT2D eigenvalue weighted by molar-refractivity contribution is -0.132. The van der Waals surface area contributed by atoms with Crippen LogP contribution in [-0.2, 0) is 17.6 Å². The second-order valence-electron chi connectivity index (χ2n) is 6.38. The lowest BCUT2D eigenvalue weighted by Gasteiger charge is -2.32. The fourth-order valence-electron chi connectivity index (χ4n) is 3.23. The van der Waals surface area contributed by atoms with Crippen LogP contribution < -0.4 is 0 Å². The highest BCUT2D eigenvalue weighted by Gasteiger charge is 2.25. The standard InChI is InChI=1S/C18H19N3O2S2/c22-17(9-14-3-6-24-11-14)21-5-1-2-13(10-21)8-16-19-18(20-23-16)15-4-7-25-12-15/h3-4,6-7,11-13H,1-2,5,8-10H2. The molecule has 1 amide bonds. The average Bonchev–Trinajstić information content (AvgIpc) is 3.37. The van der Waals surface area contributed by atoms with Crippen LogP contribution in [0.5, 0.6) is 0 Å². The van der Waals surface area contributed by atoms with Crippen LogP contribution in [0.2, 0.25) is 0 Å². The zero-order valence-electron chi connectivity index (χ0n) is 13.8. The van der Waals surface area contributed by atoms with Crippen LogP contribution in [0.4, 0.5) is 0 Å². The molecule has 0 radical (unpaired) electrons. The zero-order valence-corrected chi connectivity index (χ0v) is 15.4. The van der Waals surface area contributed by atoms with Crippen molar-refractivity contribution in [3.8, 4) is 11.4 Å². The van der Waals surface area contributed by atoms with Crippen LogP contribution >= 0.6 is 22.7 Å². The molecule has 0 spiro atoms. The lowest BCUT2D eigenvalue weighted by Crippen LogP contribution is -2.41. The van der Waals surface area contributed by atoms with Crippen molar-refractivity contribution in [2.45, 2.75) is 25.7 Å². The van der Waals surface area contributed by atoms with Gasteiger partial charge in [0, 0.05) is 30.5 Å². The second-order valence-corrected chi connectivity index (χ2v) is 7.94. The van der Waals surface area contributed by atoms with Gasteiger partial charge in [-0.3, -0.25) is 4.79 Å². The maximum absolute atomic E-state index is 12.5. The minimum atomic E-state index is 0.215. The van der Waals surface area contributed by atoms with E-state index in [1.54, 1.807) is 22.7 Å². The Kier molecular flexibility index (Phi) is 4.94. The Morgan fingerprint density at radius 3 is 2.96 bits per heavy atom. The molecular formula is C18H19N3O2S2. The van der Waals surface area contributed by atoms with Crippen molar-refractivity contribution < 1.29 is 9.32 Å². The van der Waals surface area contributed by atoms with Gasteiger partial charge in [0.15, 0.2) is 0 Å². The minimum Gasteiger partial charge on any atom is -0.342 e. The number of likely N-dealkylation sites (tertiary alicyclic amines) is 1. The first kappa shape index (κ1) is 16.5. The molecule has 1 fully saturated rings. The number of nitrogens with zero attached hydrogens (tertiary/aromatic N) is 3. The first-order valence-electron chi connectivity index (χ1n) is 8.42. The van der Waals surface area contributed by atoms with E-state index in [2.05, 4.69) is 10.1 Å². The van der Waals surface area contributed by atoms with Gasteiger partial charge in [0.1, 0.15) is 0 Å². The normalized spacial score (nSPS) is 17.8. The number of aromatic nitrogens is 2. The highest BCUT2D eigenvalue weighted by atomic mass is 32.1. The number of piperidine rings is 1. The molecule has 1 aliphatic rings. The van der Waals surface area contributed by atoms with E-state index in [0.717, 1.165) is 43.5 Å². The van der Waals surface area contributed by atoms with Crippen LogP contribution in [-0.4, -0.2) is 34.0 Å². The van der Waals surface area contributed by atoms with Crippen LogP contribution in [0.1, 0.15) is 24.3 Å². The van der Waals surface area contributed by atoms with Gasteiger partial charge in [0.05, 0.1) is 6.42 Å². The molecule has 0 saturated carbocycles. The average molecular weight is 374 g/mol. The number of thiophene rings is 2. The van der Waals surface area contributed by atoms with Crippen molar-refractivity contribution in [3.63, 3.8) is 0 Å². The van der Waals surface area contributed by atoms with Crippen molar-refractivity contribution in [1.82, 2.24) is 15.0 Å². The van der Waals surface area contributed by atoms with Gasteiger partial charge in [0.2, 0.25) is 17.6 Å². The predicted octanol–water partition coefficient (Wildman–Crippen LogP) is 3.88. The molecule has 4 rings (SSSR count). The zero-order chi connectivity index (χ0) is 17.1. The molecule has 1 unspecified atom stereocenters. The maximum atomic E-state index is 12.5. The van der Waals surface area contributed by atoms with Gasteiger partial charge < -0.3 is 9.42 Å². The predicted molar refractivity (Wildman–Crippen MR) is 98.6 cm³/mol. The summed E-state index contributed by atoms with van der Waals surface area (Å²) in [5, 5.41) is 12.1. The third-order valence-corrected chi connectivity index (χ3v) is 5.93. The summed E-state index contributed by atoms with van der Waals surface area (Å²) in [7, 11) is 0. The van der Waals surface area contributed by atoms with Gasteiger partial charge in [-0.25, -0.2) is 0 Å². The molecule has 3 aromatic heterocycles. The summed E-state index contributed by atoms with van der Waals surface area (Å²) in [5.74, 6) is 1.92. The van der Waals surface area contributed by atoms with Gasteiger partial charge in [0.25, 0.3) is 0 Å². The molecule has 1 saturated heterocycles. The molecule has 4 heterocycles. The first-order chi connectivity index (χ1) is 12.3. The molecule has 3 aromatic rings. The summed E-state index contributed by atoms with van der Waals surface area (Å²) in [4.78, 5) is 19.0. The number of carbonyl (C=O) groups is 1. The van der Waals surface area contributed by atoms with Crippen molar-refractivity contribution in [2.24, 2.45) is 5.92 Å². The van der Waals surface area contributed by atoms with Crippen LogP contribution in [0.3, 0.4) is 0 Å². The van der Waals surface area contributed by atoms with E-state index in [1.165, 1.54) is 0 Å². The SMILES string of the molecule is O=C(Cc1ccsc1)N1CCCC(Cc2nc(-c3ccsc3)no2)C1. The summed E-state index contributed by atoms with van der Waals surface area (Å²) < 4.78 is 5.41. The topological polar surface area (TPSA) is 59.2 Å². The highest BCUT2D eigenvalue weighted by Crippen LogP contribution is 2.23. The summed E-state index contributed by atoms with van der Waals surface area (Å²) >= 11 is 3.25. The Balaban J connectivity index is 1.36. The Labute approximate surface area is 154 Å².